The van der Waals surface area contributed by atoms with Gasteiger partial charge in [0.15, 0.2) is 0 Å². The van der Waals surface area contributed by atoms with Crippen molar-refractivity contribution < 1.29 is 14.6 Å². The second kappa shape index (κ2) is 5.13. The van der Waals surface area contributed by atoms with Gasteiger partial charge in [0, 0.05) is 6.42 Å². The van der Waals surface area contributed by atoms with Crippen LogP contribution in [0.25, 0.3) is 0 Å². The number of ether oxygens (including phenoxy) is 1. The predicted octanol–water partition coefficient (Wildman–Crippen LogP) is 0.111. The van der Waals surface area contributed by atoms with E-state index in [4.69, 9.17) is 11.5 Å². The molecule has 0 spiro atoms. The molecule has 0 amide bonds. The van der Waals surface area contributed by atoms with Gasteiger partial charge in [-0.2, -0.15) is 0 Å². The minimum absolute atomic E-state index is 0.262. The lowest BCUT2D eigenvalue weighted by Gasteiger charge is -1.93. The van der Waals surface area contributed by atoms with Crippen LogP contribution in [-0.4, -0.2) is 24.3 Å². The first kappa shape index (κ1) is 7.99. The quantitative estimate of drug-likeness (QED) is 0.431. The lowest BCUT2D eigenvalue weighted by molar-refractivity contribution is -0.142. The van der Waals surface area contributed by atoms with Crippen LogP contribution in [0.15, 0.2) is 0 Å². The molecule has 0 bridgehead atoms. The Morgan fingerprint density at radius 2 is 2.44 bits per heavy atom. The molecule has 0 radical (unpaired) electrons. The second-order valence-corrected chi connectivity index (χ2v) is 1.40. The summed E-state index contributed by atoms with van der Waals surface area (Å²) in [6.45, 7) is 0.0600. The third kappa shape index (κ3) is 6.99. The Bertz CT molecular complexity index is 123. The maximum absolute atomic E-state index is 9.79. The number of rotatable bonds is 4. The fraction of sp³-hybridized carbons (Fsp3) is 0.500. The summed E-state index contributed by atoms with van der Waals surface area (Å²) in [7, 11) is 0. The molecular formula is C6H8O3. The van der Waals surface area contributed by atoms with Gasteiger partial charge in [0.2, 0.25) is 0 Å². The Labute approximate surface area is 53.6 Å². The molecule has 0 aliphatic heterocycles. The fourth-order valence-electron chi connectivity index (χ4n) is 0.291. The van der Waals surface area contributed by atoms with Crippen LogP contribution in [0.2, 0.25) is 0 Å². The van der Waals surface area contributed by atoms with Crippen LogP contribution in [0.1, 0.15) is 6.42 Å². The average molecular weight is 128 g/mol. The highest BCUT2D eigenvalue weighted by Crippen LogP contribution is 1.78. The SMILES string of the molecule is C#CCCOCC(=O)O. The van der Waals surface area contributed by atoms with Gasteiger partial charge in [-0.05, 0) is 0 Å². The Balaban J connectivity index is 2.94. The lowest BCUT2D eigenvalue weighted by Crippen LogP contribution is -2.07. The van der Waals surface area contributed by atoms with E-state index in [-0.39, 0.29) is 6.61 Å². The number of carboxylic acids is 1. The molecule has 9 heavy (non-hydrogen) atoms. The molecule has 0 aliphatic carbocycles. The topological polar surface area (TPSA) is 46.5 Å². The first-order valence-electron chi connectivity index (χ1n) is 2.50. The summed E-state index contributed by atoms with van der Waals surface area (Å²) in [5.74, 6) is 1.36. The van der Waals surface area contributed by atoms with Crippen LogP contribution in [-0.2, 0) is 9.53 Å². The van der Waals surface area contributed by atoms with Crippen molar-refractivity contribution in [1.29, 1.82) is 0 Å². The molecule has 0 aliphatic rings. The van der Waals surface area contributed by atoms with Crippen molar-refractivity contribution in [3.63, 3.8) is 0 Å². The standard InChI is InChI=1S/C6H8O3/c1-2-3-4-9-5-6(7)8/h1H,3-5H2,(H,7,8). The summed E-state index contributed by atoms with van der Waals surface area (Å²) in [4.78, 5) is 9.79. The highest BCUT2D eigenvalue weighted by atomic mass is 16.5. The van der Waals surface area contributed by atoms with E-state index in [9.17, 15) is 4.79 Å². The molecule has 0 rings (SSSR count). The minimum Gasteiger partial charge on any atom is -0.480 e. The summed E-state index contributed by atoms with van der Waals surface area (Å²) in [6.07, 6.45) is 5.33. The molecule has 0 saturated heterocycles. The number of terminal acetylenes is 1. The van der Waals surface area contributed by atoms with Crippen LogP contribution in [0.3, 0.4) is 0 Å². The van der Waals surface area contributed by atoms with Gasteiger partial charge in [-0.15, -0.1) is 12.3 Å². The van der Waals surface area contributed by atoms with Crippen molar-refractivity contribution in [2.24, 2.45) is 0 Å². The van der Waals surface area contributed by atoms with Crippen LogP contribution in [0.5, 0.6) is 0 Å². The summed E-state index contributed by atoms with van der Waals surface area (Å²) >= 11 is 0. The number of carboxylic acid groups (broad SMARTS) is 1. The highest BCUT2D eigenvalue weighted by Gasteiger charge is 1.92. The van der Waals surface area contributed by atoms with Gasteiger partial charge in [-0.1, -0.05) is 0 Å². The third-order valence-electron chi connectivity index (χ3n) is 0.616. The van der Waals surface area contributed by atoms with Gasteiger partial charge in [0.05, 0.1) is 6.61 Å². The molecule has 0 aromatic rings. The zero-order chi connectivity index (χ0) is 7.11. The van der Waals surface area contributed by atoms with Crippen LogP contribution in [0.4, 0.5) is 0 Å². The monoisotopic (exact) mass is 128 g/mol. The summed E-state index contributed by atoms with van der Waals surface area (Å²) in [5.41, 5.74) is 0. The molecule has 0 unspecified atom stereocenters. The highest BCUT2D eigenvalue weighted by molar-refractivity contribution is 5.67. The molecule has 0 atom stereocenters. The van der Waals surface area contributed by atoms with Gasteiger partial charge >= 0.3 is 5.97 Å². The molecule has 3 heteroatoms. The van der Waals surface area contributed by atoms with E-state index in [1.807, 2.05) is 0 Å². The van der Waals surface area contributed by atoms with E-state index in [0.29, 0.717) is 13.0 Å². The van der Waals surface area contributed by atoms with Gasteiger partial charge in [0.1, 0.15) is 6.61 Å². The van der Waals surface area contributed by atoms with E-state index in [1.165, 1.54) is 0 Å². The van der Waals surface area contributed by atoms with Crippen molar-refractivity contribution in [2.45, 2.75) is 6.42 Å². The van der Waals surface area contributed by atoms with Crippen molar-refractivity contribution in [2.75, 3.05) is 13.2 Å². The smallest absolute Gasteiger partial charge is 0.329 e. The summed E-state index contributed by atoms with van der Waals surface area (Å²) in [6, 6.07) is 0. The first-order chi connectivity index (χ1) is 4.27. The minimum atomic E-state index is -0.966. The van der Waals surface area contributed by atoms with Gasteiger partial charge in [-0.3, -0.25) is 0 Å². The number of hydrogen-bond donors (Lipinski definition) is 1. The molecular weight excluding hydrogens is 120 g/mol. The summed E-state index contributed by atoms with van der Waals surface area (Å²) < 4.78 is 4.59. The lowest BCUT2D eigenvalue weighted by atomic mass is 10.5. The van der Waals surface area contributed by atoms with E-state index in [1.54, 1.807) is 0 Å². The van der Waals surface area contributed by atoms with Crippen molar-refractivity contribution in [3.05, 3.63) is 0 Å². The van der Waals surface area contributed by atoms with E-state index >= 15 is 0 Å². The zero-order valence-corrected chi connectivity index (χ0v) is 4.96. The van der Waals surface area contributed by atoms with Crippen LogP contribution < -0.4 is 0 Å². The van der Waals surface area contributed by atoms with Gasteiger partial charge in [-0.25, -0.2) is 4.79 Å². The molecule has 0 fully saturated rings. The predicted molar refractivity (Wildman–Crippen MR) is 31.9 cm³/mol. The van der Waals surface area contributed by atoms with Crippen molar-refractivity contribution in [3.8, 4) is 12.3 Å². The molecule has 0 aromatic heterocycles. The fourth-order valence-corrected chi connectivity index (χ4v) is 0.291. The number of hydrogen-bond acceptors (Lipinski definition) is 2. The Hall–Kier alpha value is -1.01. The Morgan fingerprint density at radius 1 is 1.78 bits per heavy atom. The zero-order valence-electron chi connectivity index (χ0n) is 4.96. The molecule has 3 nitrogen and oxygen atoms in total. The van der Waals surface area contributed by atoms with Crippen molar-refractivity contribution in [1.82, 2.24) is 0 Å². The molecule has 0 aromatic carbocycles. The Morgan fingerprint density at radius 3 is 2.89 bits per heavy atom. The molecule has 50 valence electrons. The van der Waals surface area contributed by atoms with Crippen LogP contribution >= 0.6 is 0 Å². The summed E-state index contributed by atoms with van der Waals surface area (Å²) in [5, 5.41) is 8.04. The maximum atomic E-state index is 9.79. The van der Waals surface area contributed by atoms with E-state index < -0.39 is 5.97 Å². The van der Waals surface area contributed by atoms with Gasteiger partial charge in [0.25, 0.3) is 0 Å². The molecule has 1 N–H and O–H groups in total. The maximum Gasteiger partial charge on any atom is 0.329 e. The van der Waals surface area contributed by atoms with E-state index in [0.717, 1.165) is 0 Å². The number of carbonyl (C=O) groups is 1. The van der Waals surface area contributed by atoms with Crippen molar-refractivity contribution >= 4 is 5.97 Å². The first-order valence-corrected chi connectivity index (χ1v) is 2.50. The third-order valence-corrected chi connectivity index (χ3v) is 0.616. The Kier molecular flexibility index (Phi) is 4.56. The number of aliphatic carboxylic acids is 1. The average Bonchev–Trinajstić information content (AvgIpc) is 1.80. The van der Waals surface area contributed by atoms with Crippen LogP contribution in [0, 0.1) is 12.3 Å². The van der Waals surface area contributed by atoms with E-state index in [2.05, 4.69) is 10.7 Å². The normalized spacial score (nSPS) is 8.33. The second-order valence-electron chi connectivity index (χ2n) is 1.40. The molecule has 0 heterocycles. The molecule has 0 saturated carbocycles. The largest absolute Gasteiger partial charge is 0.480 e. The van der Waals surface area contributed by atoms with Gasteiger partial charge < -0.3 is 9.84 Å².